The monoisotopic (exact) mass is 209 g/mol. The Morgan fingerprint density at radius 1 is 1.43 bits per heavy atom. The Morgan fingerprint density at radius 2 is 2.00 bits per heavy atom. The Morgan fingerprint density at radius 3 is 2.50 bits per heavy atom. The molecule has 1 rings (SSSR count). The molecule has 0 aliphatic rings. The number of hydrogen-bond acceptors (Lipinski definition) is 1. The predicted octanol–water partition coefficient (Wildman–Crippen LogP) is 2.44. The van der Waals surface area contributed by atoms with E-state index in [1.165, 1.54) is 4.90 Å². The first-order valence-electron chi connectivity index (χ1n) is 4.23. The van der Waals surface area contributed by atoms with Gasteiger partial charge in [0.05, 0.1) is 5.88 Å². The summed E-state index contributed by atoms with van der Waals surface area (Å²) in [6, 6.07) is 9.38. The highest BCUT2D eigenvalue weighted by molar-refractivity contribution is 6.23. The van der Waals surface area contributed by atoms with Gasteiger partial charge in [0.25, 0.3) is 5.91 Å². The topological polar surface area (TPSA) is 20.3 Å². The number of rotatable bonds is 3. The zero-order chi connectivity index (χ0) is 10.6. The molecule has 0 spiro atoms. The van der Waals surface area contributed by atoms with Gasteiger partial charge in [0, 0.05) is 18.3 Å². The van der Waals surface area contributed by atoms with Crippen LogP contribution < -0.4 is 4.90 Å². The van der Waals surface area contributed by atoms with E-state index < -0.39 is 0 Å². The average molecular weight is 210 g/mol. The van der Waals surface area contributed by atoms with Crippen LogP contribution in [-0.4, -0.2) is 18.8 Å². The van der Waals surface area contributed by atoms with E-state index in [2.05, 4.69) is 6.58 Å². The van der Waals surface area contributed by atoms with Gasteiger partial charge >= 0.3 is 0 Å². The molecule has 0 N–H and O–H groups in total. The van der Waals surface area contributed by atoms with E-state index in [4.69, 9.17) is 11.6 Å². The van der Waals surface area contributed by atoms with Crippen molar-refractivity contribution in [1.82, 2.24) is 0 Å². The van der Waals surface area contributed by atoms with E-state index in [1.807, 2.05) is 30.3 Å². The minimum atomic E-state index is -0.147. The number of likely N-dealkylation sites (N-methyl/N-ethyl adjacent to an activating group) is 1. The Hall–Kier alpha value is -1.28. The van der Waals surface area contributed by atoms with Crippen LogP contribution in [0.5, 0.6) is 0 Å². The molecule has 0 heterocycles. The number of para-hydroxylation sites is 1. The lowest BCUT2D eigenvalue weighted by atomic mass is 10.2. The summed E-state index contributed by atoms with van der Waals surface area (Å²) in [7, 11) is 1.70. The molecular formula is C11H12ClNO. The molecule has 1 amide bonds. The molecule has 74 valence electrons. The van der Waals surface area contributed by atoms with Crippen molar-refractivity contribution in [3.05, 3.63) is 42.5 Å². The zero-order valence-corrected chi connectivity index (χ0v) is 8.79. The molecule has 0 radical (unpaired) electrons. The second-order valence-corrected chi connectivity index (χ2v) is 3.20. The Balaban J connectivity index is 2.81. The lowest BCUT2D eigenvalue weighted by Crippen LogP contribution is -2.27. The quantitative estimate of drug-likeness (QED) is 0.553. The van der Waals surface area contributed by atoms with Crippen LogP contribution in [-0.2, 0) is 4.79 Å². The molecule has 0 aliphatic heterocycles. The van der Waals surface area contributed by atoms with Gasteiger partial charge < -0.3 is 4.90 Å². The number of amides is 1. The number of carbonyl (C=O) groups is 1. The van der Waals surface area contributed by atoms with Crippen LogP contribution in [0.1, 0.15) is 0 Å². The van der Waals surface area contributed by atoms with Crippen molar-refractivity contribution in [3.63, 3.8) is 0 Å². The van der Waals surface area contributed by atoms with Crippen molar-refractivity contribution in [1.29, 1.82) is 0 Å². The third-order valence-corrected chi connectivity index (χ3v) is 2.23. The largest absolute Gasteiger partial charge is 0.312 e. The van der Waals surface area contributed by atoms with E-state index in [0.717, 1.165) is 5.69 Å². The van der Waals surface area contributed by atoms with Crippen molar-refractivity contribution < 1.29 is 4.79 Å². The van der Waals surface area contributed by atoms with Gasteiger partial charge in [-0.25, -0.2) is 0 Å². The molecule has 0 aliphatic carbocycles. The summed E-state index contributed by atoms with van der Waals surface area (Å²) in [6.45, 7) is 3.60. The average Bonchev–Trinajstić information content (AvgIpc) is 2.27. The highest BCUT2D eigenvalue weighted by atomic mass is 35.5. The van der Waals surface area contributed by atoms with Crippen molar-refractivity contribution in [2.45, 2.75) is 0 Å². The van der Waals surface area contributed by atoms with Crippen LogP contribution >= 0.6 is 11.6 Å². The fourth-order valence-corrected chi connectivity index (χ4v) is 1.18. The van der Waals surface area contributed by atoms with Crippen molar-refractivity contribution in [3.8, 4) is 0 Å². The Labute approximate surface area is 88.8 Å². The van der Waals surface area contributed by atoms with Crippen molar-refractivity contribution in [2.75, 3.05) is 17.8 Å². The van der Waals surface area contributed by atoms with Crippen LogP contribution in [0.2, 0.25) is 0 Å². The third-order valence-electron chi connectivity index (χ3n) is 1.91. The van der Waals surface area contributed by atoms with Crippen LogP contribution in [0.15, 0.2) is 42.5 Å². The summed E-state index contributed by atoms with van der Waals surface area (Å²) in [5.41, 5.74) is 1.24. The number of carbonyl (C=O) groups excluding carboxylic acids is 1. The smallest absolute Gasteiger partial charge is 0.254 e. The second kappa shape index (κ2) is 4.82. The Kier molecular flexibility index (Phi) is 3.72. The zero-order valence-electron chi connectivity index (χ0n) is 8.03. The van der Waals surface area contributed by atoms with E-state index in [0.29, 0.717) is 5.57 Å². The van der Waals surface area contributed by atoms with Crippen LogP contribution in [0, 0.1) is 0 Å². The van der Waals surface area contributed by atoms with Gasteiger partial charge in [-0.3, -0.25) is 4.79 Å². The molecule has 1 aromatic rings. The SMILES string of the molecule is C=C(CCl)C(=O)N(C)c1ccccc1. The Bertz CT molecular complexity index is 334. The van der Waals surface area contributed by atoms with Gasteiger partial charge in [0.15, 0.2) is 0 Å². The molecule has 3 heteroatoms. The minimum absolute atomic E-state index is 0.147. The molecule has 0 fully saturated rings. The van der Waals surface area contributed by atoms with E-state index in [-0.39, 0.29) is 11.8 Å². The molecule has 0 atom stereocenters. The molecule has 1 aromatic carbocycles. The minimum Gasteiger partial charge on any atom is -0.312 e. The summed E-state index contributed by atoms with van der Waals surface area (Å²) in [6.07, 6.45) is 0. The summed E-state index contributed by atoms with van der Waals surface area (Å²) in [4.78, 5) is 13.1. The standard InChI is InChI=1S/C11H12ClNO/c1-9(8-12)11(14)13(2)10-6-4-3-5-7-10/h3-7H,1,8H2,2H3. The van der Waals surface area contributed by atoms with E-state index in [1.54, 1.807) is 7.05 Å². The summed E-state index contributed by atoms with van der Waals surface area (Å²) in [5, 5.41) is 0. The number of halogens is 1. The number of hydrogen-bond donors (Lipinski definition) is 0. The lowest BCUT2D eigenvalue weighted by molar-refractivity contribution is -0.114. The fraction of sp³-hybridized carbons (Fsp3) is 0.182. The van der Waals surface area contributed by atoms with Gasteiger partial charge in [-0.15, -0.1) is 11.6 Å². The second-order valence-electron chi connectivity index (χ2n) is 2.94. The third kappa shape index (κ3) is 2.36. The van der Waals surface area contributed by atoms with Crippen LogP contribution in [0.3, 0.4) is 0 Å². The number of nitrogens with zero attached hydrogens (tertiary/aromatic N) is 1. The number of alkyl halides is 1. The molecule has 0 saturated heterocycles. The maximum absolute atomic E-state index is 11.6. The van der Waals surface area contributed by atoms with Gasteiger partial charge in [0.1, 0.15) is 0 Å². The maximum atomic E-state index is 11.6. The van der Waals surface area contributed by atoms with Crippen molar-refractivity contribution >= 4 is 23.2 Å². The maximum Gasteiger partial charge on any atom is 0.254 e. The molecule has 0 bridgehead atoms. The normalized spacial score (nSPS) is 9.57. The van der Waals surface area contributed by atoms with E-state index in [9.17, 15) is 4.79 Å². The summed E-state index contributed by atoms with van der Waals surface area (Å²) < 4.78 is 0. The van der Waals surface area contributed by atoms with Gasteiger partial charge in [-0.1, -0.05) is 24.8 Å². The van der Waals surface area contributed by atoms with Gasteiger partial charge in [0.2, 0.25) is 0 Å². The summed E-state index contributed by atoms with van der Waals surface area (Å²) >= 11 is 5.53. The lowest BCUT2D eigenvalue weighted by Gasteiger charge is -2.17. The van der Waals surface area contributed by atoms with Crippen molar-refractivity contribution in [2.24, 2.45) is 0 Å². The van der Waals surface area contributed by atoms with Crippen LogP contribution in [0.25, 0.3) is 0 Å². The first kappa shape index (κ1) is 10.8. The highest BCUT2D eigenvalue weighted by Crippen LogP contribution is 2.13. The van der Waals surface area contributed by atoms with Crippen LogP contribution in [0.4, 0.5) is 5.69 Å². The fourth-order valence-electron chi connectivity index (χ4n) is 1.06. The molecule has 0 unspecified atom stereocenters. The number of benzene rings is 1. The first-order valence-corrected chi connectivity index (χ1v) is 4.77. The van der Waals surface area contributed by atoms with E-state index >= 15 is 0 Å². The molecule has 14 heavy (non-hydrogen) atoms. The summed E-state index contributed by atoms with van der Waals surface area (Å²) in [5.74, 6) is 0.0157. The molecule has 0 aromatic heterocycles. The first-order chi connectivity index (χ1) is 6.66. The molecular weight excluding hydrogens is 198 g/mol. The highest BCUT2D eigenvalue weighted by Gasteiger charge is 2.12. The number of anilines is 1. The van der Waals surface area contributed by atoms with Gasteiger partial charge in [-0.2, -0.15) is 0 Å². The van der Waals surface area contributed by atoms with Gasteiger partial charge in [-0.05, 0) is 12.1 Å². The predicted molar refractivity (Wildman–Crippen MR) is 59.7 cm³/mol. The molecule has 0 saturated carbocycles. The molecule has 2 nitrogen and oxygen atoms in total.